The van der Waals surface area contributed by atoms with Crippen molar-refractivity contribution < 1.29 is 9.90 Å². The van der Waals surface area contributed by atoms with Gasteiger partial charge in [-0.2, -0.15) is 11.3 Å². The van der Waals surface area contributed by atoms with E-state index in [0.717, 1.165) is 5.56 Å². The van der Waals surface area contributed by atoms with Crippen LogP contribution in [0.25, 0.3) is 5.65 Å². The highest BCUT2D eigenvalue weighted by Crippen LogP contribution is 2.22. The molecule has 3 heterocycles. The number of hydrogen-bond acceptors (Lipinski definition) is 5. The Bertz CT molecular complexity index is 900. The van der Waals surface area contributed by atoms with E-state index < -0.39 is 17.1 Å². The molecule has 7 heteroatoms. The van der Waals surface area contributed by atoms with Crippen LogP contribution in [0.4, 0.5) is 0 Å². The van der Waals surface area contributed by atoms with Gasteiger partial charge in [0.2, 0.25) is 0 Å². The van der Waals surface area contributed by atoms with E-state index in [1.165, 1.54) is 21.9 Å². The van der Waals surface area contributed by atoms with Crippen LogP contribution >= 0.6 is 11.3 Å². The molecule has 0 aliphatic carbocycles. The maximum atomic E-state index is 12.3. The lowest BCUT2D eigenvalue weighted by atomic mass is 9.99. The quantitative estimate of drug-likeness (QED) is 0.758. The molecule has 0 radical (unpaired) electrons. The number of carbonyl (C=O) groups is 1. The molecule has 0 aliphatic rings. The van der Waals surface area contributed by atoms with Crippen molar-refractivity contribution in [2.24, 2.45) is 0 Å². The van der Waals surface area contributed by atoms with Crippen molar-refractivity contribution in [2.75, 3.05) is 6.54 Å². The third kappa shape index (κ3) is 3.01. The fourth-order valence-corrected chi connectivity index (χ4v) is 2.99. The highest BCUT2D eigenvalue weighted by molar-refractivity contribution is 7.08. The standard InChI is InChI=1S/C16H15N3O3S/c1-16(22,11-5-7-23-9-11)10-18-14(20)12-8-17-13-4-2-3-6-19(13)15(12)21/h2-9,22H,10H2,1H3,(H,18,20). The van der Waals surface area contributed by atoms with Gasteiger partial charge in [-0.3, -0.25) is 14.0 Å². The summed E-state index contributed by atoms with van der Waals surface area (Å²) in [6.45, 7) is 1.61. The minimum atomic E-state index is -1.20. The average Bonchev–Trinajstić information content (AvgIpc) is 3.09. The molecule has 0 saturated heterocycles. The first-order valence-corrected chi connectivity index (χ1v) is 7.93. The molecule has 1 atom stereocenters. The van der Waals surface area contributed by atoms with Crippen molar-refractivity contribution in [3.8, 4) is 0 Å². The Morgan fingerprint density at radius 1 is 1.43 bits per heavy atom. The molecule has 1 amide bonds. The van der Waals surface area contributed by atoms with Crippen molar-refractivity contribution in [1.82, 2.24) is 14.7 Å². The van der Waals surface area contributed by atoms with Crippen LogP contribution < -0.4 is 10.9 Å². The first-order chi connectivity index (χ1) is 11.0. The number of rotatable bonds is 4. The van der Waals surface area contributed by atoms with Gasteiger partial charge in [0.05, 0.1) is 6.54 Å². The van der Waals surface area contributed by atoms with Crippen LogP contribution in [0.5, 0.6) is 0 Å². The number of aliphatic hydroxyl groups is 1. The number of nitrogens with zero attached hydrogens (tertiary/aromatic N) is 2. The van der Waals surface area contributed by atoms with Crippen LogP contribution in [0, 0.1) is 0 Å². The fraction of sp³-hybridized carbons (Fsp3) is 0.188. The summed E-state index contributed by atoms with van der Waals surface area (Å²) in [7, 11) is 0. The Hall–Kier alpha value is -2.51. The van der Waals surface area contributed by atoms with Gasteiger partial charge in [-0.1, -0.05) is 6.07 Å². The third-order valence-electron chi connectivity index (χ3n) is 3.59. The molecule has 23 heavy (non-hydrogen) atoms. The van der Waals surface area contributed by atoms with Crippen molar-refractivity contribution in [2.45, 2.75) is 12.5 Å². The Kier molecular flexibility index (Phi) is 3.97. The van der Waals surface area contributed by atoms with Crippen LogP contribution in [0.1, 0.15) is 22.8 Å². The summed E-state index contributed by atoms with van der Waals surface area (Å²) < 4.78 is 1.31. The highest BCUT2D eigenvalue weighted by Gasteiger charge is 2.25. The summed E-state index contributed by atoms with van der Waals surface area (Å²) in [5.41, 5.74) is -0.510. The minimum absolute atomic E-state index is 0.000496. The van der Waals surface area contributed by atoms with E-state index in [9.17, 15) is 14.7 Å². The number of amides is 1. The van der Waals surface area contributed by atoms with E-state index in [2.05, 4.69) is 10.3 Å². The van der Waals surface area contributed by atoms with E-state index in [1.54, 1.807) is 37.4 Å². The summed E-state index contributed by atoms with van der Waals surface area (Å²) in [6.07, 6.45) is 2.81. The largest absolute Gasteiger partial charge is 0.384 e. The number of nitrogens with one attached hydrogen (secondary N) is 1. The van der Waals surface area contributed by atoms with Gasteiger partial charge >= 0.3 is 0 Å². The maximum absolute atomic E-state index is 12.3. The van der Waals surface area contributed by atoms with E-state index in [0.29, 0.717) is 5.65 Å². The first-order valence-electron chi connectivity index (χ1n) is 6.99. The lowest BCUT2D eigenvalue weighted by Crippen LogP contribution is -2.40. The van der Waals surface area contributed by atoms with Crippen molar-refractivity contribution in [1.29, 1.82) is 0 Å². The van der Waals surface area contributed by atoms with Crippen LogP contribution in [-0.4, -0.2) is 26.9 Å². The first kappa shape index (κ1) is 15.4. The number of hydrogen-bond donors (Lipinski definition) is 2. The molecule has 0 aromatic carbocycles. The van der Waals surface area contributed by atoms with Gasteiger partial charge in [-0.15, -0.1) is 0 Å². The Morgan fingerprint density at radius 2 is 2.26 bits per heavy atom. The van der Waals surface area contributed by atoms with Crippen molar-refractivity contribution >= 4 is 22.9 Å². The second kappa shape index (κ2) is 5.94. The van der Waals surface area contributed by atoms with Crippen molar-refractivity contribution in [3.63, 3.8) is 0 Å². The predicted octanol–water partition coefficient (Wildman–Crippen LogP) is 1.39. The number of fused-ring (bicyclic) bond motifs is 1. The van der Waals surface area contributed by atoms with Gasteiger partial charge in [0.15, 0.2) is 0 Å². The third-order valence-corrected chi connectivity index (χ3v) is 4.28. The summed E-state index contributed by atoms with van der Waals surface area (Å²) in [5.74, 6) is -0.559. The predicted molar refractivity (Wildman–Crippen MR) is 87.7 cm³/mol. The van der Waals surface area contributed by atoms with Gasteiger partial charge in [-0.25, -0.2) is 4.98 Å². The summed E-state index contributed by atoms with van der Waals surface area (Å²) in [6, 6.07) is 6.94. The van der Waals surface area contributed by atoms with Crippen LogP contribution in [0.15, 0.2) is 52.2 Å². The summed E-state index contributed by atoms with van der Waals surface area (Å²) in [5, 5.41) is 16.7. The molecular formula is C16H15N3O3S. The Balaban J connectivity index is 1.82. The second-order valence-electron chi connectivity index (χ2n) is 5.37. The van der Waals surface area contributed by atoms with Crippen LogP contribution in [0.2, 0.25) is 0 Å². The highest BCUT2D eigenvalue weighted by atomic mass is 32.1. The smallest absolute Gasteiger partial charge is 0.270 e. The SMILES string of the molecule is CC(O)(CNC(=O)c1cnc2ccccn2c1=O)c1ccsc1. The lowest BCUT2D eigenvalue weighted by Gasteiger charge is -2.22. The van der Waals surface area contributed by atoms with Gasteiger partial charge in [0.1, 0.15) is 16.8 Å². The molecule has 3 aromatic rings. The van der Waals surface area contributed by atoms with Gasteiger partial charge < -0.3 is 10.4 Å². The molecule has 0 bridgehead atoms. The minimum Gasteiger partial charge on any atom is -0.384 e. The molecule has 6 nitrogen and oxygen atoms in total. The molecule has 0 spiro atoms. The number of carbonyl (C=O) groups excluding carboxylic acids is 1. The normalized spacial score (nSPS) is 13.7. The number of pyridine rings is 1. The zero-order valence-electron chi connectivity index (χ0n) is 12.4. The Labute approximate surface area is 136 Å². The van der Waals surface area contributed by atoms with E-state index in [-0.39, 0.29) is 12.1 Å². The monoisotopic (exact) mass is 329 g/mol. The van der Waals surface area contributed by atoms with Gasteiger partial charge in [-0.05, 0) is 41.4 Å². The molecule has 3 rings (SSSR count). The molecule has 0 saturated carbocycles. The lowest BCUT2D eigenvalue weighted by molar-refractivity contribution is 0.0529. The molecule has 0 fully saturated rings. The van der Waals surface area contributed by atoms with Crippen LogP contribution in [-0.2, 0) is 5.60 Å². The average molecular weight is 329 g/mol. The Morgan fingerprint density at radius 3 is 3.00 bits per heavy atom. The number of aromatic nitrogens is 2. The second-order valence-corrected chi connectivity index (χ2v) is 6.15. The zero-order chi connectivity index (χ0) is 16.4. The van der Waals surface area contributed by atoms with Gasteiger partial charge in [0.25, 0.3) is 11.5 Å². The molecule has 1 unspecified atom stereocenters. The van der Waals surface area contributed by atoms with E-state index >= 15 is 0 Å². The molecular weight excluding hydrogens is 314 g/mol. The van der Waals surface area contributed by atoms with Gasteiger partial charge in [0, 0.05) is 12.4 Å². The maximum Gasteiger partial charge on any atom is 0.270 e. The number of thiophene rings is 1. The molecule has 118 valence electrons. The molecule has 0 aliphatic heterocycles. The van der Waals surface area contributed by atoms with Crippen molar-refractivity contribution in [3.05, 3.63) is 68.9 Å². The molecule has 3 aromatic heterocycles. The fourth-order valence-electron chi connectivity index (χ4n) is 2.20. The zero-order valence-corrected chi connectivity index (χ0v) is 13.2. The van der Waals surface area contributed by atoms with E-state index in [1.807, 2.05) is 10.8 Å². The molecule has 2 N–H and O–H groups in total. The topological polar surface area (TPSA) is 83.7 Å². The summed E-state index contributed by atoms with van der Waals surface area (Å²) >= 11 is 1.46. The summed E-state index contributed by atoms with van der Waals surface area (Å²) in [4.78, 5) is 28.7. The van der Waals surface area contributed by atoms with E-state index in [4.69, 9.17) is 0 Å². The van der Waals surface area contributed by atoms with Crippen LogP contribution in [0.3, 0.4) is 0 Å².